The lowest BCUT2D eigenvalue weighted by Crippen LogP contribution is -2.39. The minimum Gasteiger partial charge on any atom is -0.349 e. The Labute approximate surface area is 157 Å². The van der Waals surface area contributed by atoms with Crippen molar-refractivity contribution in [1.29, 1.82) is 0 Å². The van der Waals surface area contributed by atoms with Gasteiger partial charge in [0.2, 0.25) is 0 Å². The van der Waals surface area contributed by atoms with Crippen molar-refractivity contribution in [3.8, 4) is 0 Å². The normalized spacial score (nSPS) is 16.0. The van der Waals surface area contributed by atoms with E-state index in [1.165, 1.54) is 17.7 Å². The number of nitrogens with zero attached hydrogens (tertiary/aromatic N) is 3. The van der Waals surface area contributed by atoms with Gasteiger partial charge in [-0.15, -0.1) is 11.3 Å². The molecule has 1 N–H and O–H groups in total. The molecule has 6 heteroatoms. The number of para-hydroxylation sites is 2. The fourth-order valence-electron chi connectivity index (χ4n) is 3.45. The molecule has 0 aliphatic carbocycles. The fraction of sp³-hybridized carbons (Fsp3) is 0.350. The minimum atomic E-state index is -0.156. The van der Waals surface area contributed by atoms with Gasteiger partial charge in [0.1, 0.15) is 5.69 Å². The lowest BCUT2D eigenvalue weighted by molar-refractivity contribution is 0.0941. The van der Waals surface area contributed by atoms with Gasteiger partial charge in [0.05, 0.1) is 17.2 Å². The smallest absolute Gasteiger partial charge is 0.271 e. The molecule has 3 heterocycles. The van der Waals surface area contributed by atoms with Crippen molar-refractivity contribution in [2.45, 2.75) is 18.8 Å². The summed E-state index contributed by atoms with van der Waals surface area (Å²) in [5.74, 6) is 0.547. The van der Waals surface area contributed by atoms with Crippen LogP contribution in [-0.4, -0.2) is 47.0 Å². The summed E-state index contributed by atoms with van der Waals surface area (Å²) < 4.78 is 0. The molecule has 5 nitrogen and oxygen atoms in total. The average Bonchev–Trinajstić information content (AvgIpc) is 3.23. The topological polar surface area (TPSA) is 58.1 Å². The van der Waals surface area contributed by atoms with Crippen LogP contribution in [0.4, 0.5) is 0 Å². The van der Waals surface area contributed by atoms with Gasteiger partial charge in [0.15, 0.2) is 0 Å². The molecule has 1 amide bonds. The number of piperidine rings is 1. The standard InChI is InChI=1S/C20H22N4OS/c25-20(18-14-22-16-4-1-2-5-17(16)23-18)21-9-12-24-10-7-15(8-11-24)19-6-3-13-26-19/h1-6,13-15H,7-12H2,(H,21,25). The van der Waals surface area contributed by atoms with E-state index >= 15 is 0 Å². The first-order valence-corrected chi connectivity index (χ1v) is 9.93. The van der Waals surface area contributed by atoms with Crippen LogP contribution in [0.2, 0.25) is 0 Å². The summed E-state index contributed by atoms with van der Waals surface area (Å²) in [5, 5.41) is 5.13. The number of aromatic nitrogens is 2. The van der Waals surface area contributed by atoms with Crippen LogP contribution in [0, 0.1) is 0 Å². The largest absolute Gasteiger partial charge is 0.349 e. The van der Waals surface area contributed by atoms with Crippen LogP contribution in [0.25, 0.3) is 11.0 Å². The molecule has 1 fully saturated rings. The Morgan fingerprint density at radius 2 is 1.96 bits per heavy atom. The van der Waals surface area contributed by atoms with E-state index in [4.69, 9.17) is 0 Å². The molecule has 3 aromatic rings. The highest BCUT2D eigenvalue weighted by atomic mass is 32.1. The third-order valence-electron chi connectivity index (χ3n) is 4.93. The second-order valence-corrected chi connectivity index (χ2v) is 7.61. The second kappa shape index (κ2) is 7.93. The lowest BCUT2D eigenvalue weighted by atomic mass is 9.95. The van der Waals surface area contributed by atoms with Crippen LogP contribution in [0.5, 0.6) is 0 Å². The van der Waals surface area contributed by atoms with Crippen LogP contribution in [0.3, 0.4) is 0 Å². The first-order valence-electron chi connectivity index (χ1n) is 9.05. The van der Waals surface area contributed by atoms with Gasteiger partial charge >= 0.3 is 0 Å². The van der Waals surface area contributed by atoms with Crippen molar-refractivity contribution in [3.63, 3.8) is 0 Å². The van der Waals surface area contributed by atoms with Crippen LogP contribution in [-0.2, 0) is 0 Å². The molecule has 2 aromatic heterocycles. The van der Waals surface area contributed by atoms with Gasteiger partial charge in [0.25, 0.3) is 5.91 Å². The van der Waals surface area contributed by atoms with Crippen molar-refractivity contribution >= 4 is 28.3 Å². The zero-order valence-electron chi connectivity index (χ0n) is 14.6. The summed E-state index contributed by atoms with van der Waals surface area (Å²) in [6, 6.07) is 12.0. The Balaban J connectivity index is 1.25. The monoisotopic (exact) mass is 366 g/mol. The highest BCUT2D eigenvalue weighted by Gasteiger charge is 2.21. The van der Waals surface area contributed by atoms with E-state index in [1.807, 2.05) is 35.6 Å². The third kappa shape index (κ3) is 3.92. The number of fused-ring (bicyclic) bond motifs is 1. The number of carbonyl (C=O) groups is 1. The first kappa shape index (κ1) is 17.1. The number of carbonyl (C=O) groups excluding carboxylic acids is 1. The minimum absolute atomic E-state index is 0.156. The van der Waals surface area contributed by atoms with Crippen LogP contribution >= 0.6 is 11.3 Å². The summed E-state index contributed by atoms with van der Waals surface area (Å²) in [6.07, 6.45) is 3.94. The molecule has 1 saturated heterocycles. The quantitative estimate of drug-likeness (QED) is 0.753. The fourth-order valence-corrected chi connectivity index (χ4v) is 4.35. The molecule has 134 valence electrons. The van der Waals surface area contributed by atoms with Gasteiger partial charge in [-0.25, -0.2) is 4.98 Å². The summed E-state index contributed by atoms with van der Waals surface area (Å²) in [7, 11) is 0. The molecular formula is C20H22N4OS. The van der Waals surface area contributed by atoms with E-state index in [1.54, 1.807) is 6.20 Å². The van der Waals surface area contributed by atoms with Crippen molar-refractivity contribution in [2.24, 2.45) is 0 Å². The van der Waals surface area contributed by atoms with Crippen molar-refractivity contribution < 1.29 is 4.79 Å². The maximum atomic E-state index is 12.3. The SMILES string of the molecule is O=C(NCCN1CCC(c2cccs2)CC1)c1cnc2ccccc2n1. The molecule has 0 radical (unpaired) electrons. The maximum Gasteiger partial charge on any atom is 0.271 e. The van der Waals surface area contributed by atoms with E-state index in [2.05, 4.69) is 37.7 Å². The molecule has 0 spiro atoms. The Morgan fingerprint density at radius 1 is 1.15 bits per heavy atom. The number of nitrogens with one attached hydrogen (secondary N) is 1. The van der Waals surface area contributed by atoms with Gasteiger partial charge in [-0.3, -0.25) is 9.78 Å². The van der Waals surface area contributed by atoms with Crippen molar-refractivity contribution in [2.75, 3.05) is 26.2 Å². The number of thiophene rings is 1. The van der Waals surface area contributed by atoms with Gasteiger partial charge in [0, 0.05) is 18.0 Å². The second-order valence-electron chi connectivity index (χ2n) is 6.63. The maximum absolute atomic E-state index is 12.3. The molecular weight excluding hydrogens is 344 g/mol. The third-order valence-corrected chi connectivity index (χ3v) is 5.96. The summed E-state index contributed by atoms with van der Waals surface area (Å²) in [5.41, 5.74) is 1.92. The van der Waals surface area contributed by atoms with E-state index in [0.29, 0.717) is 18.2 Å². The van der Waals surface area contributed by atoms with Crippen LogP contribution in [0.15, 0.2) is 48.0 Å². The Hall–Kier alpha value is -2.31. The highest BCUT2D eigenvalue weighted by Crippen LogP contribution is 2.30. The van der Waals surface area contributed by atoms with Gasteiger partial charge in [-0.1, -0.05) is 18.2 Å². The van der Waals surface area contributed by atoms with Crippen LogP contribution < -0.4 is 5.32 Å². The van der Waals surface area contributed by atoms with E-state index in [9.17, 15) is 4.79 Å². The predicted octanol–water partition coefficient (Wildman–Crippen LogP) is 3.30. The van der Waals surface area contributed by atoms with E-state index < -0.39 is 0 Å². The highest BCUT2D eigenvalue weighted by molar-refractivity contribution is 7.10. The molecule has 0 saturated carbocycles. The van der Waals surface area contributed by atoms with E-state index in [0.717, 1.165) is 30.7 Å². The summed E-state index contributed by atoms with van der Waals surface area (Å²) >= 11 is 1.86. The predicted molar refractivity (Wildman–Crippen MR) is 105 cm³/mol. The number of rotatable bonds is 5. The Bertz CT molecular complexity index is 872. The molecule has 26 heavy (non-hydrogen) atoms. The molecule has 1 aliphatic rings. The number of benzene rings is 1. The van der Waals surface area contributed by atoms with Gasteiger partial charge in [-0.05, 0) is 55.4 Å². The lowest BCUT2D eigenvalue weighted by Gasteiger charge is -2.31. The van der Waals surface area contributed by atoms with Crippen molar-refractivity contribution in [3.05, 3.63) is 58.5 Å². The van der Waals surface area contributed by atoms with E-state index in [-0.39, 0.29) is 5.91 Å². The Morgan fingerprint density at radius 3 is 2.73 bits per heavy atom. The summed E-state index contributed by atoms with van der Waals surface area (Å²) in [4.78, 5) is 24.9. The first-order chi connectivity index (χ1) is 12.8. The average molecular weight is 366 g/mol. The molecule has 0 unspecified atom stereocenters. The molecule has 4 rings (SSSR count). The van der Waals surface area contributed by atoms with Gasteiger partial charge < -0.3 is 10.2 Å². The number of hydrogen-bond donors (Lipinski definition) is 1. The summed E-state index contributed by atoms with van der Waals surface area (Å²) in [6.45, 7) is 3.70. The Kier molecular flexibility index (Phi) is 5.22. The van der Waals surface area contributed by atoms with Crippen molar-refractivity contribution in [1.82, 2.24) is 20.2 Å². The number of likely N-dealkylation sites (tertiary alicyclic amines) is 1. The number of amides is 1. The molecule has 0 bridgehead atoms. The number of hydrogen-bond acceptors (Lipinski definition) is 5. The molecule has 1 aliphatic heterocycles. The molecule has 0 atom stereocenters. The zero-order valence-corrected chi connectivity index (χ0v) is 15.4. The van der Waals surface area contributed by atoms with Gasteiger partial charge in [-0.2, -0.15) is 0 Å². The van der Waals surface area contributed by atoms with Crippen LogP contribution in [0.1, 0.15) is 34.1 Å². The molecule has 1 aromatic carbocycles. The zero-order chi connectivity index (χ0) is 17.8.